The quantitative estimate of drug-likeness (QED) is 0.652. The van der Waals surface area contributed by atoms with Crippen molar-refractivity contribution in [2.45, 2.75) is 31.7 Å². The summed E-state index contributed by atoms with van der Waals surface area (Å²) in [6.07, 6.45) is 4.34. The molecule has 1 atom stereocenters. The summed E-state index contributed by atoms with van der Waals surface area (Å²) in [4.78, 5) is 2.87. The molecule has 0 aromatic rings. The fraction of sp³-hybridized carbons (Fsp3) is 0.889. The molecule has 3 N–H and O–H groups in total. The van der Waals surface area contributed by atoms with E-state index in [1.807, 2.05) is 0 Å². The molecular formula is C9H18N2OS. The molecule has 3 nitrogen and oxygen atoms in total. The number of piperidine rings is 1. The monoisotopic (exact) mass is 202 g/mol. The molecule has 0 radical (unpaired) electrons. The lowest BCUT2D eigenvalue weighted by molar-refractivity contribution is 0.0929. The molecule has 1 aliphatic rings. The molecule has 0 aromatic carbocycles. The summed E-state index contributed by atoms with van der Waals surface area (Å²) in [5.41, 5.74) is 5.44. The topological polar surface area (TPSA) is 49.5 Å². The smallest absolute Gasteiger partial charge is 0.0740 e. The first-order chi connectivity index (χ1) is 6.24. The molecule has 1 fully saturated rings. The van der Waals surface area contributed by atoms with Gasteiger partial charge in [-0.2, -0.15) is 0 Å². The van der Waals surface area contributed by atoms with E-state index in [-0.39, 0.29) is 6.61 Å². The molecule has 0 amide bonds. The molecule has 0 spiro atoms. The second-order valence-corrected chi connectivity index (χ2v) is 4.11. The second kappa shape index (κ2) is 5.52. The molecule has 13 heavy (non-hydrogen) atoms. The summed E-state index contributed by atoms with van der Waals surface area (Å²) in [5.74, 6) is 0. The Kier molecular flexibility index (Phi) is 4.62. The van der Waals surface area contributed by atoms with Gasteiger partial charge in [-0.1, -0.05) is 18.6 Å². The van der Waals surface area contributed by atoms with Crippen molar-refractivity contribution in [3.63, 3.8) is 0 Å². The van der Waals surface area contributed by atoms with Gasteiger partial charge in [0.15, 0.2) is 0 Å². The standard InChI is InChI=1S/C9H18N2OS/c10-9(13)4-6-11-5-2-1-3-8(11)7-12/h8,12H,1-7H2,(H2,10,13). The van der Waals surface area contributed by atoms with Crippen LogP contribution in [0, 0.1) is 0 Å². The van der Waals surface area contributed by atoms with E-state index in [1.165, 1.54) is 12.8 Å². The Morgan fingerprint density at radius 3 is 2.92 bits per heavy atom. The van der Waals surface area contributed by atoms with Crippen LogP contribution in [0.5, 0.6) is 0 Å². The minimum Gasteiger partial charge on any atom is -0.395 e. The Labute approximate surface area is 84.9 Å². The van der Waals surface area contributed by atoms with Gasteiger partial charge in [-0.3, -0.25) is 4.90 Å². The highest BCUT2D eigenvalue weighted by Crippen LogP contribution is 2.16. The van der Waals surface area contributed by atoms with Crippen LogP contribution < -0.4 is 5.73 Å². The average Bonchev–Trinajstić information content (AvgIpc) is 2.15. The van der Waals surface area contributed by atoms with E-state index >= 15 is 0 Å². The number of nitrogens with zero attached hydrogens (tertiary/aromatic N) is 1. The molecule has 76 valence electrons. The van der Waals surface area contributed by atoms with Crippen LogP contribution in [-0.2, 0) is 0 Å². The van der Waals surface area contributed by atoms with Crippen LogP contribution in [0.15, 0.2) is 0 Å². The van der Waals surface area contributed by atoms with Crippen LogP contribution >= 0.6 is 12.2 Å². The van der Waals surface area contributed by atoms with Crippen molar-refractivity contribution in [3.8, 4) is 0 Å². The van der Waals surface area contributed by atoms with Gasteiger partial charge in [0.25, 0.3) is 0 Å². The number of hydrogen-bond acceptors (Lipinski definition) is 3. The van der Waals surface area contributed by atoms with Crippen molar-refractivity contribution in [2.24, 2.45) is 5.73 Å². The minimum atomic E-state index is 0.261. The van der Waals surface area contributed by atoms with Gasteiger partial charge in [0.1, 0.15) is 0 Å². The summed E-state index contributed by atoms with van der Waals surface area (Å²) in [7, 11) is 0. The normalized spacial score (nSPS) is 24.5. The Balaban J connectivity index is 2.31. The molecule has 1 unspecified atom stereocenters. The fourth-order valence-electron chi connectivity index (χ4n) is 1.81. The molecule has 1 saturated heterocycles. The first-order valence-corrected chi connectivity index (χ1v) is 5.28. The van der Waals surface area contributed by atoms with Gasteiger partial charge in [0.05, 0.1) is 11.6 Å². The predicted octanol–water partition coefficient (Wildman–Crippen LogP) is 0.509. The molecule has 4 heteroatoms. The Hall–Kier alpha value is -0.190. The first-order valence-electron chi connectivity index (χ1n) is 4.87. The molecule has 0 aliphatic carbocycles. The largest absolute Gasteiger partial charge is 0.395 e. The fourth-order valence-corrected chi connectivity index (χ4v) is 1.91. The van der Waals surface area contributed by atoms with E-state index in [9.17, 15) is 0 Å². The maximum atomic E-state index is 9.12. The van der Waals surface area contributed by atoms with Crippen LogP contribution in [0.2, 0.25) is 0 Å². The number of likely N-dealkylation sites (tertiary alicyclic amines) is 1. The van der Waals surface area contributed by atoms with Crippen molar-refractivity contribution in [1.82, 2.24) is 4.90 Å². The SMILES string of the molecule is NC(=S)CCN1CCCCC1CO. The van der Waals surface area contributed by atoms with Crippen molar-refractivity contribution in [1.29, 1.82) is 0 Å². The van der Waals surface area contributed by atoms with Crippen LogP contribution in [0.1, 0.15) is 25.7 Å². The molecule has 1 rings (SSSR count). The van der Waals surface area contributed by atoms with Gasteiger partial charge in [-0.25, -0.2) is 0 Å². The third-order valence-electron chi connectivity index (χ3n) is 2.61. The molecule has 0 saturated carbocycles. The molecule has 0 aromatic heterocycles. The Morgan fingerprint density at radius 2 is 2.31 bits per heavy atom. The second-order valence-electron chi connectivity index (χ2n) is 3.58. The average molecular weight is 202 g/mol. The zero-order valence-electron chi connectivity index (χ0n) is 7.91. The van der Waals surface area contributed by atoms with Crippen molar-refractivity contribution in [3.05, 3.63) is 0 Å². The van der Waals surface area contributed by atoms with Gasteiger partial charge in [-0.15, -0.1) is 0 Å². The number of thiocarbonyl (C=S) groups is 1. The lowest BCUT2D eigenvalue weighted by Gasteiger charge is -2.34. The third kappa shape index (κ3) is 3.58. The lowest BCUT2D eigenvalue weighted by atomic mass is 10.0. The van der Waals surface area contributed by atoms with Crippen LogP contribution in [0.3, 0.4) is 0 Å². The summed E-state index contributed by atoms with van der Waals surface area (Å²) in [5, 5.41) is 9.12. The zero-order valence-corrected chi connectivity index (χ0v) is 8.72. The van der Waals surface area contributed by atoms with Gasteiger partial charge in [-0.05, 0) is 19.4 Å². The zero-order chi connectivity index (χ0) is 9.68. The van der Waals surface area contributed by atoms with Gasteiger partial charge < -0.3 is 10.8 Å². The maximum absolute atomic E-state index is 9.12. The highest BCUT2D eigenvalue weighted by atomic mass is 32.1. The summed E-state index contributed by atoms with van der Waals surface area (Å²) >= 11 is 4.83. The van der Waals surface area contributed by atoms with Crippen molar-refractivity contribution >= 4 is 17.2 Å². The number of nitrogens with two attached hydrogens (primary N) is 1. The van der Waals surface area contributed by atoms with Gasteiger partial charge in [0.2, 0.25) is 0 Å². The maximum Gasteiger partial charge on any atom is 0.0740 e. The van der Waals surface area contributed by atoms with Gasteiger partial charge in [0, 0.05) is 19.0 Å². The van der Waals surface area contributed by atoms with E-state index in [4.69, 9.17) is 23.1 Å². The van der Waals surface area contributed by atoms with Crippen LogP contribution in [0.25, 0.3) is 0 Å². The number of aliphatic hydroxyl groups is 1. The number of hydrogen-bond donors (Lipinski definition) is 2. The van der Waals surface area contributed by atoms with Crippen LogP contribution in [-0.4, -0.2) is 40.7 Å². The van der Waals surface area contributed by atoms with Crippen LogP contribution in [0.4, 0.5) is 0 Å². The first kappa shape index (κ1) is 10.9. The highest BCUT2D eigenvalue weighted by molar-refractivity contribution is 7.80. The highest BCUT2D eigenvalue weighted by Gasteiger charge is 2.20. The van der Waals surface area contributed by atoms with Gasteiger partial charge >= 0.3 is 0 Å². The summed E-state index contributed by atoms with van der Waals surface area (Å²) in [6.45, 7) is 2.24. The van der Waals surface area contributed by atoms with E-state index in [0.717, 1.165) is 25.9 Å². The summed E-state index contributed by atoms with van der Waals surface area (Å²) in [6, 6.07) is 0.336. The molecule has 1 heterocycles. The molecule has 1 aliphatic heterocycles. The predicted molar refractivity (Wildman–Crippen MR) is 57.7 cm³/mol. The lowest BCUT2D eigenvalue weighted by Crippen LogP contribution is -2.43. The third-order valence-corrected chi connectivity index (χ3v) is 2.81. The Morgan fingerprint density at radius 1 is 1.54 bits per heavy atom. The van der Waals surface area contributed by atoms with E-state index < -0.39 is 0 Å². The van der Waals surface area contributed by atoms with Crippen molar-refractivity contribution in [2.75, 3.05) is 19.7 Å². The Bertz CT molecular complexity index is 175. The van der Waals surface area contributed by atoms with E-state index in [1.54, 1.807) is 0 Å². The van der Waals surface area contributed by atoms with E-state index in [0.29, 0.717) is 11.0 Å². The summed E-state index contributed by atoms with van der Waals surface area (Å²) < 4.78 is 0. The molecule has 0 bridgehead atoms. The number of rotatable bonds is 4. The van der Waals surface area contributed by atoms with Crippen molar-refractivity contribution < 1.29 is 5.11 Å². The minimum absolute atomic E-state index is 0.261. The molecular weight excluding hydrogens is 184 g/mol. The number of aliphatic hydroxyl groups excluding tert-OH is 1. The van der Waals surface area contributed by atoms with E-state index in [2.05, 4.69) is 4.90 Å².